The molecule has 0 N–H and O–H groups in total. The van der Waals surface area contributed by atoms with Crippen LogP contribution in [-0.2, 0) is 38.5 Å². The van der Waals surface area contributed by atoms with Gasteiger partial charge in [0.2, 0.25) is 0 Å². The molecule has 0 spiro atoms. The second-order valence-corrected chi connectivity index (χ2v) is 13.6. The summed E-state index contributed by atoms with van der Waals surface area (Å²) in [6.45, 7) is 14.1. The Labute approximate surface area is 260 Å². The zero-order valence-corrected chi connectivity index (χ0v) is 28.9. The smallest absolute Gasteiger partial charge is 0.133 e. The molecule has 1 aliphatic rings. The minimum atomic E-state index is 0.292. The number of rotatable bonds is 19. The highest BCUT2D eigenvalue weighted by molar-refractivity contribution is 7.21. The molecule has 0 bridgehead atoms. The molecule has 2 aromatic carbocycles. The lowest BCUT2D eigenvalue weighted by molar-refractivity contribution is 0.650. The number of unbranched alkanes of at least 4 members (excludes halogenated alkanes) is 6. The molecular formula is C39H59N2P. The SMILES string of the molecule is CCCCc1npn(C2c3ccccc3-c3c(CCCC)c(CCCC)c(CCCC)c(CCCC)c32)c1CCCC. The number of benzene rings is 2. The number of aromatic nitrogens is 2. The molecule has 3 aromatic rings. The fraction of sp³-hybridized carbons (Fsp3) is 0.641. The van der Waals surface area contributed by atoms with Gasteiger partial charge in [-0.25, -0.2) is 4.75 Å². The van der Waals surface area contributed by atoms with Crippen molar-refractivity contribution in [2.24, 2.45) is 0 Å². The number of hydrogen-bond donors (Lipinski definition) is 0. The van der Waals surface area contributed by atoms with E-state index in [0.717, 1.165) is 21.4 Å². The molecule has 0 saturated carbocycles. The maximum Gasteiger partial charge on any atom is 0.133 e. The summed E-state index contributed by atoms with van der Waals surface area (Å²) < 4.78 is 8.00. The molecule has 0 aliphatic heterocycles. The number of aryl methyl sites for hydroxylation is 1. The van der Waals surface area contributed by atoms with Gasteiger partial charge in [-0.3, -0.25) is 4.33 Å². The lowest BCUT2D eigenvalue weighted by atomic mass is 9.79. The highest BCUT2D eigenvalue weighted by Gasteiger charge is 2.37. The maximum absolute atomic E-state index is 5.25. The van der Waals surface area contributed by atoms with E-state index < -0.39 is 0 Å². The molecule has 1 unspecified atom stereocenters. The van der Waals surface area contributed by atoms with Crippen LogP contribution in [0.15, 0.2) is 24.3 Å². The van der Waals surface area contributed by atoms with Gasteiger partial charge in [-0.05, 0) is 122 Å². The second-order valence-electron chi connectivity index (χ2n) is 12.7. The zero-order valence-electron chi connectivity index (χ0n) is 28.0. The number of hydrogen-bond acceptors (Lipinski definition) is 1. The summed E-state index contributed by atoms with van der Waals surface area (Å²) in [6.07, 6.45) is 22.3. The van der Waals surface area contributed by atoms with Crippen molar-refractivity contribution < 1.29 is 0 Å². The van der Waals surface area contributed by atoms with Gasteiger partial charge in [0.25, 0.3) is 0 Å². The van der Waals surface area contributed by atoms with Crippen LogP contribution in [0.25, 0.3) is 11.1 Å². The molecule has 1 aromatic heterocycles. The summed E-state index contributed by atoms with van der Waals surface area (Å²) in [7, 11) is 1.14. The molecule has 42 heavy (non-hydrogen) atoms. The molecule has 0 saturated heterocycles. The fourth-order valence-electron chi connectivity index (χ4n) is 7.25. The summed E-state index contributed by atoms with van der Waals surface area (Å²) in [4.78, 5) is 0. The van der Waals surface area contributed by atoms with Crippen molar-refractivity contribution >= 4 is 8.51 Å². The Morgan fingerprint density at radius 2 is 1.10 bits per heavy atom. The van der Waals surface area contributed by atoms with Gasteiger partial charge in [0.1, 0.15) is 8.51 Å². The standard InChI is InChI=1S/C39H59N2P/c1-7-13-21-29-30(22-14-8-2)32(24-16-10-4)38-37(31(29)23-15-9-3)33-25-19-20-26-34(33)39(38)41-36(28-18-12-6)35(40-42-41)27-17-11-5/h19-20,25-26,39H,7-18,21-24,27-28H2,1-6H3. The van der Waals surface area contributed by atoms with Gasteiger partial charge in [-0.1, -0.05) is 104 Å². The van der Waals surface area contributed by atoms with E-state index in [2.05, 4.69) is 70.1 Å². The molecule has 4 rings (SSSR count). The second kappa shape index (κ2) is 16.8. The molecular weight excluding hydrogens is 527 g/mol. The van der Waals surface area contributed by atoms with E-state index >= 15 is 0 Å². The molecule has 1 atom stereocenters. The van der Waals surface area contributed by atoms with Gasteiger partial charge in [0.15, 0.2) is 0 Å². The van der Waals surface area contributed by atoms with Crippen LogP contribution in [0.1, 0.15) is 169 Å². The first-order valence-electron chi connectivity index (χ1n) is 17.9. The van der Waals surface area contributed by atoms with E-state index in [0.29, 0.717) is 6.04 Å². The third-order valence-corrected chi connectivity index (χ3v) is 10.6. The first-order valence-corrected chi connectivity index (χ1v) is 18.7. The van der Waals surface area contributed by atoms with Crippen molar-refractivity contribution in [3.8, 4) is 11.1 Å². The van der Waals surface area contributed by atoms with Gasteiger partial charge < -0.3 is 0 Å². The van der Waals surface area contributed by atoms with E-state index in [1.807, 2.05) is 0 Å². The Bertz CT molecular complexity index is 1270. The average Bonchev–Trinajstić information content (AvgIpc) is 3.57. The first kappa shape index (κ1) is 33.0. The topological polar surface area (TPSA) is 17.8 Å². The van der Waals surface area contributed by atoms with Gasteiger partial charge in [0, 0.05) is 5.69 Å². The molecule has 0 amide bonds. The van der Waals surface area contributed by atoms with Crippen LogP contribution in [0.3, 0.4) is 0 Å². The Kier molecular flexibility index (Phi) is 13.2. The van der Waals surface area contributed by atoms with E-state index in [1.165, 1.54) is 120 Å². The quantitative estimate of drug-likeness (QED) is 0.107. The third kappa shape index (κ3) is 7.07. The summed E-state index contributed by atoms with van der Waals surface area (Å²) in [5.74, 6) is 0. The van der Waals surface area contributed by atoms with E-state index in [-0.39, 0.29) is 0 Å². The van der Waals surface area contributed by atoms with Crippen LogP contribution >= 0.6 is 8.51 Å². The van der Waals surface area contributed by atoms with E-state index in [1.54, 1.807) is 39.1 Å². The number of fused-ring (bicyclic) bond motifs is 3. The van der Waals surface area contributed by atoms with E-state index in [4.69, 9.17) is 4.75 Å². The molecule has 0 radical (unpaired) electrons. The molecule has 2 nitrogen and oxygen atoms in total. The van der Waals surface area contributed by atoms with Crippen molar-refractivity contribution in [1.82, 2.24) is 9.08 Å². The third-order valence-electron chi connectivity index (χ3n) is 9.56. The Hall–Kier alpha value is -1.92. The maximum atomic E-state index is 5.25. The Morgan fingerprint density at radius 3 is 1.71 bits per heavy atom. The highest BCUT2D eigenvalue weighted by Crippen LogP contribution is 2.53. The van der Waals surface area contributed by atoms with Crippen molar-refractivity contribution in [1.29, 1.82) is 0 Å². The van der Waals surface area contributed by atoms with Crippen molar-refractivity contribution in [2.75, 3.05) is 0 Å². The van der Waals surface area contributed by atoms with Crippen LogP contribution in [0, 0.1) is 0 Å². The lowest BCUT2D eigenvalue weighted by Crippen LogP contribution is -2.16. The average molecular weight is 587 g/mol. The summed E-state index contributed by atoms with van der Waals surface area (Å²) in [5, 5.41) is 0. The first-order chi connectivity index (χ1) is 20.7. The molecule has 230 valence electrons. The summed E-state index contributed by atoms with van der Waals surface area (Å²) >= 11 is 0. The van der Waals surface area contributed by atoms with Gasteiger partial charge in [-0.15, -0.1) is 0 Å². The predicted molar refractivity (Wildman–Crippen MR) is 186 cm³/mol. The van der Waals surface area contributed by atoms with Crippen LogP contribution in [0.5, 0.6) is 0 Å². The largest absolute Gasteiger partial charge is 0.299 e. The molecule has 0 fully saturated rings. The van der Waals surface area contributed by atoms with Gasteiger partial charge in [-0.2, -0.15) is 0 Å². The lowest BCUT2D eigenvalue weighted by Gasteiger charge is -2.28. The molecule has 3 heteroatoms. The van der Waals surface area contributed by atoms with Crippen molar-refractivity contribution in [2.45, 2.75) is 163 Å². The molecule has 1 aliphatic carbocycles. The van der Waals surface area contributed by atoms with Gasteiger partial charge >= 0.3 is 0 Å². The van der Waals surface area contributed by atoms with Crippen LogP contribution in [0.2, 0.25) is 0 Å². The van der Waals surface area contributed by atoms with Crippen molar-refractivity contribution in [3.05, 3.63) is 69.0 Å². The molecule has 1 heterocycles. The summed E-state index contributed by atoms with van der Waals surface area (Å²) in [5.41, 5.74) is 16.2. The fourth-order valence-corrected chi connectivity index (χ4v) is 8.33. The highest BCUT2D eigenvalue weighted by atomic mass is 31.1. The Balaban J connectivity index is 2.07. The minimum Gasteiger partial charge on any atom is -0.299 e. The van der Waals surface area contributed by atoms with Crippen molar-refractivity contribution in [3.63, 3.8) is 0 Å². The Morgan fingerprint density at radius 1 is 0.595 bits per heavy atom. The van der Waals surface area contributed by atoms with Crippen LogP contribution in [0.4, 0.5) is 0 Å². The van der Waals surface area contributed by atoms with E-state index in [9.17, 15) is 0 Å². The summed E-state index contributed by atoms with van der Waals surface area (Å²) in [6, 6.07) is 9.80. The monoisotopic (exact) mass is 586 g/mol. The van der Waals surface area contributed by atoms with Crippen LogP contribution in [-0.4, -0.2) is 9.08 Å². The van der Waals surface area contributed by atoms with Crippen LogP contribution < -0.4 is 0 Å². The van der Waals surface area contributed by atoms with Gasteiger partial charge in [0.05, 0.1) is 11.7 Å². The predicted octanol–water partition coefficient (Wildman–Crippen LogP) is 12.1. The number of nitrogens with zero attached hydrogens (tertiary/aromatic N) is 2. The minimum absolute atomic E-state index is 0.292. The normalized spacial score (nSPS) is 14.2. The zero-order chi connectivity index (χ0) is 29.9.